The van der Waals surface area contributed by atoms with E-state index in [0.29, 0.717) is 101 Å². The first-order valence-electron chi connectivity index (χ1n) is 45.4. The SMILES string of the molecule is C.C.C.Cc1c(Cl)cc(NC(=O)CN2CCCCC2)cc1Cl.Cc1c(Cl)cc(NC(=O)CN2CCCCC2)cc1Cl.Cc1cc2c(cc1Cl)OCC2.Cc1ccc(NC(=O)CN(C)C)cc1Cl.Cc1ccc(NC(=O)CN2CCCCC2)cc1Cl.Cc1ccc(NC(=O)CN2CCCCC2)cc1Cl.Cc1ccc(NC(=O)OCc2ccncc2)cc1Cl.Cc1ccc(NS(=O)(=O)c2ccccc2)cc1Cl. The van der Waals surface area contributed by atoms with E-state index in [1.54, 1.807) is 116 Å². The van der Waals surface area contributed by atoms with Gasteiger partial charge in [-0.15, -0.1) is 0 Å². The summed E-state index contributed by atoms with van der Waals surface area (Å²) in [7, 11) is 0.146. The number of ether oxygens (including phenoxy) is 2. The fourth-order valence-corrected chi connectivity index (χ4v) is 17.4. The smallest absolute Gasteiger partial charge is 0.411 e. The fourth-order valence-electron chi connectivity index (χ4n) is 14.3. The molecular weight excluding hydrogens is 2000 g/mol. The molecule has 23 nitrogen and oxygen atoms in total. The monoisotopic (exact) mass is 2130 g/mol. The Labute approximate surface area is 879 Å². The molecule has 34 heteroatoms. The largest absolute Gasteiger partial charge is 0.493 e. The quantitative estimate of drug-likeness (QED) is 0.0352. The molecule has 1 aromatic heterocycles. The zero-order valence-electron chi connectivity index (χ0n) is 79.1. The molecule has 6 heterocycles. The highest BCUT2D eigenvalue weighted by atomic mass is 35.5. The number of carbonyl (C=O) groups is 6. The van der Waals surface area contributed by atoms with Gasteiger partial charge in [-0.25, -0.2) is 13.2 Å². The summed E-state index contributed by atoms with van der Waals surface area (Å²) in [5, 5.41) is 23.1. The maximum absolute atomic E-state index is 12.0. The lowest BCUT2D eigenvalue weighted by Crippen LogP contribution is -2.36. The molecule has 760 valence electrons. The van der Waals surface area contributed by atoms with Crippen molar-refractivity contribution >= 4 is 201 Å². The van der Waals surface area contributed by atoms with Crippen molar-refractivity contribution in [3.8, 4) is 5.75 Å². The minimum atomic E-state index is -3.55. The molecule has 0 spiro atoms. The lowest BCUT2D eigenvalue weighted by molar-refractivity contribution is -0.118. The molecule has 0 saturated carbocycles. The number of likely N-dealkylation sites (N-methyl/N-ethyl adjacent to an activating group) is 1. The number of fused-ring (bicyclic) bond motifs is 1. The van der Waals surface area contributed by atoms with E-state index in [0.717, 1.165) is 143 Å². The number of rotatable bonds is 21. The summed E-state index contributed by atoms with van der Waals surface area (Å²) in [4.78, 5) is 85.4. The van der Waals surface area contributed by atoms with Crippen LogP contribution in [0.5, 0.6) is 5.75 Å². The Morgan fingerprint density at radius 1 is 0.357 bits per heavy atom. The van der Waals surface area contributed by atoms with Gasteiger partial charge in [-0.1, -0.05) is 219 Å². The van der Waals surface area contributed by atoms with Crippen LogP contribution < -0.4 is 41.4 Å². The third-order valence-corrected chi connectivity index (χ3v) is 27.6. The van der Waals surface area contributed by atoms with Crippen LogP contribution in [0.4, 0.5) is 44.6 Å². The third kappa shape index (κ3) is 44.5. The van der Waals surface area contributed by atoms with Crippen molar-refractivity contribution in [2.45, 2.75) is 173 Å². The van der Waals surface area contributed by atoms with Crippen LogP contribution in [-0.2, 0) is 51.8 Å². The first-order chi connectivity index (χ1) is 65.3. The van der Waals surface area contributed by atoms with Crippen molar-refractivity contribution in [1.82, 2.24) is 29.5 Å². The first kappa shape index (κ1) is 121. The van der Waals surface area contributed by atoms with Gasteiger partial charge in [0.05, 0.1) is 49.9 Å². The predicted molar refractivity (Wildman–Crippen MR) is 587 cm³/mol. The van der Waals surface area contributed by atoms with E-state index in [2.05, 4.69) is 67.3 Å². The second-order valence-electron chi connectivity index (χ2n) is 34.1. The summed E-state index contributed by atoms with van der Waals surface area (Å²) in [6.07, 6.45) is 18.4. The van der Waals surface area contributed by atoms with Crippen LogP contribution in [0, 0.1) is 55.4 Å². The number of likely N-dealkylation sites (tertiary alicyclic amines) is 4. The standard InChI is InChI=1S/2C14H18Cl2N2O.C14H13ClN2O2.2C14H19ClN2O.C13H12ClNO2S.C11H15ClN2O.C9H9ClO.3CH4/c2*1-10-12(15)7-11(8-13(10)16)17-14(19)9-18-5-3-2-4-6-18;1-10-2-3-12(8-13(10)15)17-14(18)19-9-11-4-6-16-7-5-11;2*1-11-5-6-12(9-13(11)15)16-14(18)10-17-7-3-2-4-8-17;1-10-7-8-11(9-13(10)14)15-18(16,17)12-5-3-2-4-6-12;1-8-4-5-9(6-10(8)12)13-11(15)7-14(2)3;1-6-4-7-2-3-11-9(7)5-8(6)10;;;/h2*7-8H,2-6,9H2,1H3,(H,17,19);2-8H,9H2,1H3,(H,17,18);2*5-6,9H,2-4,7-8,10H2,1H3,(H,16,18);2-9,15H,1H3;4-6H,7H2,1-3H3,(H,13,15);4-5H,2-3H2,1H3;3*1H4. The molecule has 0 bridgehead atoms. The number of hydrogen-bond donors (Lipinski definition) is 7. The summed E-state index contributed by atoms with van der Waals surface area (Å²) < 4.78 is 37.0. The average Bonchev–Trinajstić information content (AvgIpc) is 1.76. The van der Waals surface area contributed by atoms with E-state index in [9.17, 15) is 37.2 Å². The Bertz CT molecular complexity index is 5510. The normalized spacial score (nSPS) is 13.8. The molecule has 0 unspecified atom stereocenters. The highest BCUT2D eigenvalue weighted by molar-refractivity contribution is 7.92. The van der Waals surface area contributed by atoms with E-state index >= 15 is 0 Å². The number of piperidine rings is 4. The van der Waals surface area contributed by atoms with Gasteiger partial charge in [-0.05, 0) is 344 Å². The van der Waals surface area contributed by atoms with Crippen molar-refractivity contribution in [2.24, 2.45) is 0 Å². The summed E-state index contributed by atoms with van der Waals surface area (Å²) >= 11 is 60.0. The van der Waals surface area contributed by atoms with E-state index in [1.807, 2.05) is 123 Å². The van der Waals surface area contributed by atoms with Gasteiger partial charge in [0.2, 0.25) is 29.5 Å². The lowest BCUT2D eigenvalue weighted by atomic mass is 10.1. The van der Waals surface area contributed by atoms with Crippen LogP contribution >= 0.6 is 116 Å². The van der Waals surface area contributed by atoms with Crippen LogP contribution in [-0.4, -0.2) is 179 Å². The number of hydrogen-bond acceptors (Lipinski definition) is 16. The fraction of sp³-hybridized carbons (Fsp3) is 0.387. The Hall–Kier alpha value is -9.00. The van der Waals surface area contributed by atoms with Crippen LogP contribution in [0.15, 0.2) is 187 Å². The molecule has 9 aromatic carbocycles. The van der Waals surface area contributed by atoms with E-state index in [-0.39, 0.29) is 63.3 Å². The Morgan fingerprint density at radius 2 is 0.657 bits per heavy atom. The van der Waals surface area contributed by atoms with E-state index < -0.39 is 16.1 Å². The minimum Gasteiger partial charge on any atom is -0.493 e. The number of aromatic nitrogens is 1. The zero-order chi connectivity index (χ0) is 99.7. The third-order valence-electron chi connectivity index (χ3n) is 22.2. The number of halogens is 10. The number of sulfonamides is 1. The van der Waals surface area contributed by atoms with Crippen molar-refractivity contribution in [2.75, 3.05) is 142 Å². The summed E-state index contributed by atoms with van der Waals surface area (Å²) in [6, 6.07) is 49.7. The highest BCUT2D eigenvalue weighted by Gasteiger charge is 2.22. The molecule has 4 fully saturated rings. The van der Waals surface area contributed by atoms with E-state index in [1.165, 1.54) is 94.7 Å². The Balaban J connectivity index is 0.000000282. The molecule has 5 aliphatic heterocycles. The number of benzene rings is 9. The molecular formula is C106H135Cl10N13O10S. The number of anilines is 7. The van der Waals surface area contributed by atoms with E-state index in [4.69, 9.17) is 125 Å². The topological polar surface area (TPSA) is 268 Å². The lowest BCUT2D eigenvalue weighted by Gasteiger charge is -2.25. The van der Waals surface area contributed by atoms with Crippen LogP contribution in [0.1, 0.15) is 155 Å². The first-order valence-corrected chi connectivity index (χ1v) is 50.7. The molecule has 0 aliphatic carbocycles. The van der Waals surface area contributed by atoms with Crippen molar-refractivity contribution in [1.29, 1.82) is 0 Å². The minimum absolute atomic E-state index is 0. The molecule has 4 saturated heterocycles. The molecule has 7 N–H and O–H groups in total. The van der Waals surface area contributed by atoms with Gasteiger partial charge in [0.15, 0.2) is 0 Å². The van der Waals surface area contributed by atoms with Crippen molar-refractivity contribution < 1.29 is 46.7 Å². The van der Waals surface area contributed by atoms with Gasteiger partial charge in [0.1, 0.15) is 12.4 Å². The van der Waals surface area contributed by atoms with Crippen LogP contribution in [0.3, 0.4) is 0 Å². The molecule has 6 amide bonds. The summed E-state index contributed by atoms with van der Waals surface area (Å²) in [6.45, 7) is 26.6. The molecule has 0 atom stereocenters. The predicted octanol–water partition coefficient (Wildman–Crippen LogP) is 27.5. The molecule has 0 radical (unpaired) electrons. The second kappa shape index (κ2) is 63.2. The second-order valence-corrected chi connectivity index (χ2v) is 39.8. The average molecular weight is 2140 g/mol. The van der Waals surface area contributed by atoms with Gasteiger partial charge in [0.25, 0.3) is 10.0 Å². The number of nitrogens with zero attached hydrogens (tertiary/aromatic N) is 6. The van der Waals surface area contributed by atoms with Crippen molar-refractivity contribution in [3.05, 3.63) is 288 Å². The van der Waals surface area contributed by atoms with Crippen molar-refractivity contribution in [3.63, 3.8) is 0 Å². The maximum Gasteiger partial charge on any atom is 0.411 e. The van der Waals surface area contributed by atoms with Crippen LogP contribution in [0.2, 0.25) is 50.2 Å². The summed E-state index contributed by atoms with van der Waals surface area (Å²) in [5.74, 6) is 0.963. The summed E-state index contributed by atoms with van der Waals surface area (Å²) in [5.41, 5.74) is 14.5. The molecule has 15 rings (SSSR count). The number of pyridine rings is 1. The maximum atomic E-state index is 12.0. The highest BCUT2D eigenvalue weighted by Crippen LogP contribution is 2.34. The zero-order valence-corrected chi connectivity index (χ0v) is 87.4. The number of carbonyl (C=O) groups excluding carboxylic acids is 6. The number of amides is 6. The van der Waals surface area contributed by atoms with Gasteiger partial charge >= 0.3 is 6.09 Å². The number of aryl methyl sites for hydroxylation is 6. The molecule has 10 aromatic rings. The molecule has 140 heavy (non-hydrogen) atoms. The number of nitrogens with one attached hydrogen (secondary N) is 7. The van der Waals surface area contributed by atoms with Gasteiger partial charge in [-0.3, -0.25) is 58.6 Å². The van der Waals surface area contributed by atoms with Gasteiger partial charge in [-0.2, -0.15) is 0 Å². The van der Waals surface area contributed by atoms with Gasteiger partial charge in [0, 0.05) is 103 Å². The molecule has 5 aliphatic rings. The van der Waals surface area contributed by atoms with Gasteiger partial charge < -0.3 is 41.0 Å². The Kier molecular flexibility index (Phi) is 54.8. The Morgan fingerprint density at radius 3 is 0.993 bits per heavy atom. The van der Waals surface area contributed by atoms with Crippen LogP contribution in [0.25, 0.3) is 0 Å².